The predicted octanol–water partition coefficient (Wildman–Crippen LogP) is 5.19. The summed E-state index contributed by atoms with van der Waals surface area (Å²) in [5.74, 6) is -0.0996. The number of alkyl halides is 2. The molecule has 2 aliphatic rings. The van der Waals surface area contributed by atoms with Crippen LogP contribution in [0.4, 0.5) is 13.2 Å². The fourth-order valence-corrected chi connectivity index (χ4v) is 5.28. The lowest BCUT2D eigenvalue weighted by Gasteiger charge is -2.32. The number of aromatic nitrogens is 3. The lowest BCUT2D eigenvalue weighted by molar-refractivity contribution is 0.0566. The summed E-state index contributed by atoms with van der Waals surface area (Å²) in [6.45, 7) is -3.22. The third-order valence-electron chi connectivity index (χ3n) is 5.91. The van der Waals surface area contributed by atoms with Crippen molar-refractivity contribution in [1.82, 2.24) is 19.7 Å². The maximum atomic E-state index is 13.9. The van der Waals surface area contributed by atoms with Crippen LogP contribution in [-0.2, 0) is 0 Å². The molecule has 1 fully saturated rings. The number of amidine groups is 1. The van der Waals surface area contributed by atoms with E-state index in [4.69, 9.17) is 22.1 Å². The Morgan fingerprint density at radius 3 is 2.86 bits per heavy atom. The number of hydrogen-bond acceptors (Lipinski definition) is 7. The number of thiazole rings is 1. The molecule has 9 nitrogen and oxygen atoms in total. The molecule has 2 atom stereocenters. The number of fused-ring (bicyclic) bond motifs is 1. The highest BCUT2D eigenvalue weighted by molar-refractivity contribution is 7.11. The largest absolute Gasteiger partial charge is 0.396 e. The highest BCUT2D eigenvalue weighted by atomic mass is 35.5. The minimum absolute atomic E-state index is 0.0949. The molecule has 1 N–H and O–H groups in total. The number of nitrogens with zero attached hydrogens (tertiary/aromatic N) is 8. The first-order valence-electron chi connectivity index (χ1n) is 10.3. The smallest absolute Gasteiger partial charge is 0.333 e. The van der Waals surface area contributed by atoms with Gasteiger partial charge in [-0.05, 0) is 23.2 Å². The molecule has 180 valence electrons. The number of rotatable bonds is 6. The number of halogens is 4. The molecule has 14 heteroatoms. The van der Waals surface area contributed by atoms with Crippen LogP contribution in [0, 0.1) is 5.82 Å². The van der Waals surface area contributed by atoms with E-state index in [1.54, 1.807) is 16.5 Å². The highest BCUT2D eigenvalue weighted by Crippen LogP contribution is 2.49. The first-order chi connectivity index (χ1) is 16.9. The van der Waals surface area contributed by atoms with Gasteiger partial charge in [-0.3, -0.25) is 4.99 Å². The van der Waals surface area contributed by atoms with Gasteiger partial charge in [-0.15, -0.1) is 11.3 Å². The second-order valence-electron chi connectivity index (χ2n) is 8.04. The van der Waals surface area contributed by atoms with Gasteiger partial charge in [-0.1, -0.05) is 22.8 Å². The lowest BCUT2D eigenvalue weighted by atomic mass is 9.89. The van der Waals surface area contributed by atoms with E-state index in [9.17, 15) is 18.3 Å². The van der Waals surface area contributed by atoms with Crippen LogP contribution in [-0.4, -0.2) is 49.3 Å². The molecule has 35 heavy (non-hydrogen) atoms. The summed E-state index contributed by atoms with van der Waals surface area (Å²) in [5.41, 5.74) is 9.81. The van der Waals surface area contributed by atoms with E-state index in [1.807, 2.05) is 0 Å². The normalized spacial score (nSPS) is 21.8. The zero-order chi connectivity index (χ0) is 24.7. The SMILES string of the molecule is [N-]=[N+]=N[C@@]1(CO)CC2=C(c3cnn(C(F)F)c3)[C@H](c3ccc(F)cc3Cl)N=C(c3nccs3)N2C1. The van der Waals surface area contributed by atoms with Crippen LogP contribution in [0.1, 0.15) is 35.1 Å². The van der Waals surface area contributed by atoms with Gasteiger partial charge in [0.2, 0.25) is 0 Å². The van der Waals surface area contributed by atoms with Crippen molar-refractivity contribution in [3.63, 3.8) is 0 Å². The summed E-state index contributed by atoms with van der Waals surface area (Å²) in [4.78, 5) is 13.9. The molecule has 2 aromatic heterocycles. The zero-order valence-electron chi connectivity index (χ0n) is 17.8. The van der Waals surface area contributed by atoms with Gasteiger partial charge in [0.25, 0.3) is 0 Å². The van der Waals surface area contributed by atoms with Crippen LogP contribution in [0.5, 0.6) is 0 Å². The van der Waals surface area contributed by atoms with Gasteiger partial charge in [0.1, 0.15) is 11.9 Å². The zero-order valence-corrected chi connectivity index (χ0v) is 19.3. The Morgan fingerprint density at radius 1 is 1.40 bits per heavy atom. The number of aliphatic imine (C=N–C) groups is 1. The summed E-state index contributed by atoms with van der Waals surface area (Å²) in [5, 5.41) is 20.2. The molecule has 1 saturated heterocycles. The van der Waals surface area contributed by atoms with Crippen molar-refractivity contribution in [1.29, 1.82) is 0 Å². The Balaban J connectivity index is 1.78. The Bertz CT molecular complexity index is 1380. The van der Waals surface area contributed by atoms with Gasteiger partial charge in [0, 0.05) is 57.5 Å². The van der Waals surface area contributed by atoms with Crippen LogP contribution in [0.15, 0.2) is 58.0 Å². The van der Waals surface area contributed by atoms with Crippen molar-refractivity contribution in [2.75, 3.05) is 13.2 Å². The molecule has 1 aromatic carbocycles. The first kappa shape index (κ1) is 23.4. The number of aliphatic hydroxyl groups is 1. The molecule has 4 heterocycles. The van der Waals surface area contributed by atoms with E-state index in [2.05, 4.69) is 20.1 Å². The molecule has 0 bridgehead atoms. The first-order valence-corrected chi connectivity index (χ1v) is 11.5. The monoisotopic (exact) mass is 520 g/mol. The molecular formula is C21H16ClF3N8OS. The van der Waals surface area contributed by atoms with E-state index < -0.39 is 30.6 Å². The molecule has 0 amide bonds. The molecule has 0 radical (unpaired) electrons. The van der Waals surface area contributed by atoms with Gasteiger partial charge < -0.3 is 10.0 Å². The van der Waals surface area contributed by atoms with Gasteiger partial charge in [-0.2, -0.15) is 13.9 Å². The van der Waals surface area contributed by atoms with E-state index in [1.165, 1.54) is 35.9 Å². The van der Waals surface area contributed by atoms with Crippen LogP contribution >= 0.6 is 22.9 Å². The second kappa shape index (κ2) is 9.00. The van der Waals surface area contributed by atoms with Gasteiger partial charge >= 0.3 is 6.55 Å². The van der Waals surface area contributed by atoms with Crippen molar-refractivity contribution in [3.8, 4) is 0 Å². The number of benzene rings is 1. The van der Waals surface area contributed by atoms with E-state index >= 15 is 0 Å². The minimum Gasteiger partial charge on any atom is -0.396 e. The average molecular weight is 521 g/mol. The third-order valence-corrected chi connectivity index (χ3v) is 7.01. The predicted molar refractivity (Wildman–Crippen MR) is 123 cm³/mol. The van der Waals surface area contributed by atoms with E-state index in [-0.39, 0.29) is 18.0 Å². The Morgan fingerprint density at radius 2 is 2.23 bits per heavy atom. The third kappa shape index (κ3) is 4.06. The van der Waals surface area contributed by atoms with Crippen molar-refractivity contribution >= 4 is 34.3 Å². The molecule has 2 aliphatic heterocycles. The Kier molecular flexibility index (Phi) is 6.01. The molecule has 0 aliphatic carbocycles. The minimum atomic E-state index is -2.86. The Labute approximate surface area is 205 Å². The summed E-state index contributed by atoms with van der Waals surface area (Å²) >= 11 is 7.74. The quantitative estimate of drug-likeness (QED) is 0.273. The second-order valence-corrected chi connectivity index (χ2v) is 9.34. The lowest BCUT2D eigenvalue weighted by Crippen LogP contribution is -2.38. The van der Waals surface area contributed by atoms with Crippen LogP contribution in [0.2, 0.25) is 5.02 Å². The summed E-state index contributed by atoms with van der Waals surface area (Å²) in [6, 6.07) is 3.05. The van der Waals surface area contributed by atoms with E-state index in [0.29, 0.717) is 37.9 Å². The average Bonchev–Trinajstić information content (AvgIpc) is 3.58. The van der Waals surface area contributed by atoms with Crippen molar-refractivity contribution in [2.45, 2.75) is 24.6 Å². The molecule has 5 rings (SSSR count). The van der Waals surface area contributed by atoms with Gasteiger partial charge in [0.15, 0.2) is 10.8 Å². The highest BCUT2D eigenvalue weighted by Gasteiger charge is 2.47. The number of hydrogen-bond donors (Lipinski definition) is 1. The molecule has 0 spiro atoms. The number of aliphatic hydroxyl groups excluding tert-OH is 1. The standard InChI is InChI=1S/C21H16ClF3N8OS/c22-14-5-12(23)1-2-13(14)17-16(11-7-28-33(8-11)20(24)25)15-6-21(10-34,30-31-26)9-32(15)18(29-17)19-27-3-4-35-19/h1-5,7-8,17,20,34H,6,9-10H2/t17-,21-/m0/s1. The van der Waals surface area contributed by atoms with Crippen molar-refractivity contribution in [3.05, 3.63) is 85.3 Å². The van der Waals surface area contributed by atoms with Crippen LogP contribution in [0.3, 0.4) is 0 Å². The molecule has 3 aromatic rings. The fourth-order valence-electron chi connectivity index (χ4n) is 4.37. The van der Waals surface area contributed by atoms with Crippen LogP contribution in [0.25, 0.3) is 16.0 Å². The maximum absolute atomic E-state index is 13.9. The fraction of sp³-hybridized carbons (Fsp3) is 0.286. The number of azide groups is 1. The summed E-state index contributed by atoms with van der Waals surface area (Å²) < 4.78 is 41.1. The van der Waals surface area contributed by atoms with E-state index in [0.717, 1.165) is 6.07 Å². The van der Waals surface area contributed by atoms with Crippen molar-refractivity contribution < 1.29 is 18.3 Å². The van der Waals surface area contributed by atoms with Crippen LogP contribution < -0.4 is 0 Å². The van der Waals surface area contributed by atoms with Gasteiger partial charge in [-0.25, -0.2) is 14.1 Å². The molecule has 0 saturated carbocycles. The van der Waals surface area contributed by atoms with Crippen molar-refractivity contribution in [2.24, 2.45) is 10.1 Å². The van der Waals surface area contributed by atoms with Gasteiger partial charge in [0.05, 0.1) is 18.3 Å². The summed E-state index contributed by atoms with van der Waals surface area (Å²) in [6.07, 6.45) is 4.18. The Hall–Kier alpha value is -3.38. The summed E-state index contributed by atoms with van der Waals surface area (Å²) in [7, 11) is 0. The topological polar surface area (TPSA) is 115 Å². The molecular weight excluding hydrogens is 505 g/mol. The maximum Gasteiger partial charge on any atom is 0.333 e. The molecule has 0 unspecified atom stereocenters.